The number of hydrogen-bond donors (Lipinski definition) is 1. The molecule has 6 heteroatoms. The van der Waals surface area contributed by atoms with Crippen LogP contribution >= 0.6 is 0 Å². The van der Waals surface area contributed by atoms with Gasteiger partial charge in [0.1, 0.15) is 0 Å². The summed E-state index contributed by atoms with van der Waals surface area (Å²) in [6.07, 6.45) is 3.73. The van der Waals surface area contributed by atoms with Crippen molar-refractivity contribution in [3.63, 3.8) is 0 Å². The van der Waals surface area contributed by atoms with Crippen LogP contribution in [0.1, 0.15) is 24.8 Å². The van der Waals surface area contributed by atoms with E-state index in [9.17, 15) is 13.2 Å². The molecule has 0 radical (unpaired) electrons. The fourth-order valence-corrected chi connectivity index (χ4v) is 5.57. The molecule has 3 rings (SSSR count). The molecule has 0 aromatic heterocycles. The van der Waals surface area contributed by atoms with Crippen LogP contribution in [0.2, 0.25) is 0 Å². The van der Waals surface area contributed by atoms with Crippen molar-refractivity contribution < 1.29 is 13.2 Å². The average molecular weight is 336 g/mol. The molecule has 1 amide bonds. The fourth-order valence-electron chi connectivity index (χ4n) is 3.62. The second-order valence-corrected chi connectivity index (χ2v) is 8.73. The summed E-state index contributed by atoms with van der Waals surface area (Å²) in [7, 11) is -3.07. The average Bonchev–Trinajstić information content (AvgIpc) is 2.83. The summed E-state index contributed by atoms with van der Waals surface area (Å²) < 4.78 is 24.1. The van der Waals surface area contributed by atoms with Crippen LogP contribution in [0.25, 0.3) is 0 Å². The summed E-state index contributed by atoms with van der Waals surface area (Å²) in [5, 5.41) is 2.97. The molecular weight excluding hydrogens is 312 g/mol. The molecule has 0 saturated carbocycles. The standard InChI is InChI=1S/C17H24N2O3S/c20-17(11-14-7-3-1-4-8-14)18-15-12-23(21,22)13-16(15)19-9-5-2-6-10-19/h1,3-4,7-8,15-16H,2,5-6,9-13H2,(H,18,20). The molecule has 2 heterocycles. The van der Waals surface area contributed by atoms with Crippen LogP contribution in [-0.4, -0.2) is 55.9 Å². The minimum atomic E-state index is -3.07. The van der Waals surface area contributed by atoms with Gasteiger partial charge in [-0.3, -0.25) is 9.69 Å². The molecule has 2 atom stereocenters. The van der Waals surface area contributed by atoms with E-state index in [1.165, 1.54) is 6.42 Å². The van der Waals surface area contributed by atoms with Crippen molar-refractivity contribution in [1.29, 1.82) is 0 Å². The Labute approximate surface area is 138 Å². The van der Waals surface area contributed by atoms with Crippen LogP contribution in [0, 0.1) is 0 Å². The third kappa shape index (κ3) is 4.32. The highest BCUT2D eigenvalue weighted by atomic mass is 32.2. The number of sulfone groups is 1. The van der Waals surface area contributed by atoms with Gasteiger partial charge in [-0.1, -0.05) is 36.8 Å². The van der Waals surface area contributed by atoms with E-state index in [1.807, 2.05) is 30.3 Å². The van der Waals surface area contributed by atoms with Crippen molar-refractivity contribution in [2.75, 3.05) is 24.6 Å². The molecule has 0 spiro atoms. The minimum Gasteiger partial charge on any atom is -0.350 e. The van der Waals surface area contributed by atoms with Crippen molar-refractivity contribution in [2.24, 2.45) is 0 Å². The van der Waals surface area contributed by atoms with Crippen molar-refractivity contribution >= 4 is 15.7 Å². The van der Waals surface area contributed by atoms with Crippen LogP contribution in [0.4, 0.5) is 0 Å². The van der Waals surface area contributed by atoms with Gasteiger partial charge in [0.05, 0.1) is 24.0 Å². The minimum absolute atomic E-state index is 0.0642. The Kier molecular flexibility index (Phi) is 5.02. The van der Waals surface area contributed by atoms with Crippen LogP contribution in [0.15, 0.2) is 30.3 Å². The fraction of sp³-hybridized carbons (Fsp3) is 0.588. The van der Waals surface area contributed by atoms with E-state index in [2.05, 4.69) is 10.2 Å². The highest BCUT2D eigenvalue weighted by Crippen LogP contribution is 2.22. The molecule has 0 aliphatic carbocycles. The summed E-state index contributed by atoms with van der Waals surface area (Å²) in [5.74, 6) is 0.137. The molecule has 2 fully saturated rings. The number of nitrogens with one attached hydrogen (secondary N) is 1. The molecule has 126 valence electrons. The number of rotatable bonds is 4. The third-order valence-corrected chi connectivity index (χ3v) is 6.45. The lowest BCUT2D eigenvalue weighted by atomic mass is 10.0. The lowest BCUT2D eigenvalue weighted by Gasteiger charge is -2.35. The lowest BCUT2D eigenvalue weighted by molar-refractivity contribution is -0.121. The molecule has 1 aromatic rings. The maximum absolute atomic E-state index is 12.3. The van der Waals surface area contributed by atoms with Crippen molar-refractivity contribution in [1.82, 2.24) is 10.2 Å². The molecule has 2 unspecified atom stereocenters. The van der Waals surface area contributed by atoms with Crippen molar-refractivity contribution in [3.05, 3.63) is 35.9 Å². The Morgan fingerprint density at radius 2 is 1.78 bits per heavy atom. The molecule has 1 aromatic carbocycles. The summed E-state index contributed by atoms with van der Waals surface area (Å²) >= 11 is 0. The number of nitrogens with zero attached hydrogens (tertiary/aromatic N) is 1. The summed E-state index contributed by atoms with van der Waals surface area (Å²) in [6, 6.07) is 9.19. The number of benzene rings is 1. The number of amides is 1. The number of hydrogen-bond acceptors (Lipinski definition) is 4. The predicted molar refractivity (Wildman–Crippen MR) is 89.9 cm³/mol. The van der Waals surface area contributed by atoms with Crippen molar-refractivity contribution in [2.45, 2.75) is 37.8 Å². The van der Waals surface area contributed by atoms with Crippen molar-refractivity contribution in [3.8, 4) is 0 Å². The van der Waals surface area contributed by atoms with E-state index in [0.29, 0.717) is 6.42 Å². The Hall–Kier alpha value is -1.40. The summed E-state index contributed by atoms with van der Waals surface area (Å²) in [6.45, 7) is 1.87. The lowest BCUT2D eigenvalue weighted by Crippen LogP contribution is -2.52. The van der Waals surface area contributed by atoms with E-state index in [0.717, 1.165) is 31.5 Å². The van der Waals surface area contributed by atoms with E-state index in [-0.39, 0.29) is 29.5 Å². The topological polar surface area (TPSA) is 66.5 Å². The van der Waals surface area contributed by atoms with E-state index in [4.69, 9.17) is 0 Å². The maximum atomic E-state index is 12.3. The van der Waals surface area contributed by atoms with E-state index in [1.54, 1.807) is 0 Å². The second kappa shape index (κ2) is 7.01. The van der Waals surface area contributed by atoms with Gasteiger partial charge in [-0.2, -0.15) is 0 Å². The molecule has 5 nitrogen and oxygen atoms in total. The van der Waals surface area contributed by atoms with Crippen LogP contribution < -0.4 is 5.32 Å². The Bertz CT molecular complexity index is 639. The Balaban J connectivity index is 1.65. The van der Waals surface area contributed by atoms with Gasteiger partial charge in [0.25, 0.3) is 0 Å². The number of carbonyl (C=O) groups excluding carboxylic acids is 1. The first-order chi connectivity index (χ1) is 11.0. The first-order valence-electron chi connectivity index (χ1n) is 8.31. The van der Waals surface area contributed by atoms with Gasteiger partial charge in [-0.05, 0) is 31.5 Å². The first kappa shape index (κ1) is 16.5. The van der Waals surface area contributed by atoms with Gasteiger partial charge >= 0.3 is 0 Å². The molecular formula is C17H24N2O3S. The van der Waals surface area contributed by atoms with Gasteiger partial charge in [0, 0.05) is 6.04 Å². The molecule has 2 aliphatic heterocycles. The largest absolute Gasteiger partial charge is 0.350 e. The van der Waals surface area contributed by atoms with Crippen LogP contribution in [0.3, 0.4) is 0 Å². The van der Waals surface area contributed by atoms with Gasteiger partial charge < -0.3 is 5.32 Å². The zero-order chi connectivity index (χ0) is 16.3. The van der Waals surface area contributed by atoms with E-state index < -0.39 is 9.84 Å². The molecule has 2 saturated heterocycles. The molecule has 1 N–H and O–H groups in total. The number of carbonyl (C=O) groups is 1. The first-order valence-corrected chi connectivity index (χ1v) is 10.1. The molecule has 23 heavy (non-hydrogen) atoms. The van der Waals surface area contributed by atoms with Crippen LogP contribution in [-0.2, 0) is 21.1 Å². The monoisotopic (exact) mass is 336 g/mol. The summed E-state index contributed by atoms with van der Waals surface area (Å²) in [4.78, 5) is 14.5. The SMILES string of the molecule is O=C(Cc1ccccc1)NC1CS(=O)(=O)CC1N1CCCCC1. The Morgan fingerprint density at radius 1 is 1.09 bits per heavy atom. The zero-order valence-corrected chi connectivity index (χ0v) is 14.1. The predicted octanol–water partition coefficient (Wildman–Crippen LogP) is 0.997. The van der Waals surface area contributed by atoms with Gasteiger partial charge in [-0.15, -0.1) is 0 Å². The smallest absolute Gasteiger partial charge is 0.224 e. The van der Waals surface area contributed by atoms with Gasteiger partial charge in [-0.25, -0.2) is 8.42 Å². The normalized spacial score (nSPS) is 27.7. The van der Waals surface area contributed by atoms with Crippen LogP contribution in [0.5, 0.6) is 0 Å². The highest BCUT2D eigenvalue weighted by molar-refractivity contribution is 7.91. The third-order valence-electron chi connectivity index (χ3n) is 4.74. The van der Waals surface area contributed by atoms with E-state index >= 15 is 0 Å². The zero-order valence-electron chi connectivity index (χ0n) is 13.3. The maximum Gasteiger partial charge on any atom is 0.224 e. The number of likely N-dealkylation sites (tertiary alicyclic amines) is 1. The van der Waals surface area contributed by atoms with Gasteiger partial charge in [0.15, 0.2) is 9.84 Å². The summed E-state index contributed by atoms with van der Waals surface area (Å²) in [5.41, 5.74) is 0.945. The molecule has 0 bridgehead atoms. The quantitative estimate of drug-likeness (QED) is 0.891. The Morgan fingerprint density at radius 3 is 2.48 bits per heavy atom. The second-order valence-electron chi connectivity index (χ2n) is 6.58. The molecule has 2 aliphatic rings. The van der Waals surface area contributed by atoms with Gasteiger partial charge in [0.2, 0.25) is 5.91 Å². The number of piperidine rings is 1. The highest BCUT2D eigenvalue weighted by Gasteiger charge is 2.41.